The molecule has 4 N–H and O–H groups in total. The average molecular weight is 942 g/mol. The molecule has 0 aliphatic rings. The maximum atomic E-state index is 12.2. The van der Waals surface area contributed by atoms with Crippen molar-refractivity contribution in [3.05, 3.63) is 275 Å². The number of hydrogen-bond donors (Lipinski definition) is 4. The van der Waals surface area contributed by atoms with Crippen LogP contribution < -0.4 is 0 Å². The standard InChI is InChI=1S/2C28H25NO2.2Cu/c2*30-26-19-11-10-14-23(26)21-29-27(20-22-12-4-1-5-13-22)28(31,24-15-6-2-7-16-24)25-17-8-3-9-18-25;;/h2*1-19,21,27,30-31H,20H2;;/t2*27-;;/m00../s1. The molecule has 8 aromatic carbocycles. The molecule has 0 fully saturated rings. The van der Waals surface area contributed by atoms with Crippen molar-refractivity contribution in [3.8, 4) is 11.5 Å². The van der Waals surface area contributed by atoms with E-state index in [0.29, 0.717) is 24.0 Å². The minimum atomic E-state index is -1.35. The number of hydrogen-bond acceptors (Lipinski definition) is 6. The van der Waals surface area contributed by atoms with E-state index in [1.807, 2.05) is 206 Å². The Bertz CT molecular complexity index is 2370. The molecule has 0 saturated carbocycles. The van der Waals surface area contributed by atoms with E-state index in [0.717, 1.165) is 33.4 Å². The Labute approximate surface area is 397 Å². The summed E-state index contributed by atoms with van der Waals surface area (Å²) >= 11 is 0. The summed E-state index contributed by atoms with van der Waals surface area (Å²) < 4.78 is 0. The van der Waals surface area contributed by atoms with E-state index < -0.39 is 23.3 Å². The Kier molecular flexibility index (Phi) is 18.2. The van der Waals surface area contributed by atoms with Gasteiger partial charge in [-0.2, -0.15) is 0 Å². The number of nitrogens with zero attached hydrogens (tertiary/aromatic N) is 2. The van der Waals surface area contributed by atoms with Gasteiger partial charge in [0.05, 0.1) is 12.1 Å². The summed E-state index contributed by atoms with van der Waals surface area (Å²) in [5.41, 5.74) is 3.78. The number of rotatable bonds is 14. The molecule has 0 unspecified atom stereocenters. The van der Waals surface area contributed by atoms with Gasteiger partial charge in [0, 0.05) is 57.7 Å². The average Bonchev–Trinajstić information content (AvgIpc) is 3.34. The zero-order valence-corrected chi connectivity index (χ0v) is 36.8. The number of para-hydroxylation sites is 2. The number of benzene rings is 8. The Morgan fingerprint density at radius 2 is 0.578 bits per heavy atom. The number of aliphatic imine (C=N–C) groups is 2. The number of aromatic hydroxyl groups is 2. The van der Waals surface area contributed by atoms with Crippen LogP contribution >= 0.6 is 0 Å². The van der Waals surface area contributed by atoms with Crippen molar-refractivity contribution < 1.29 is 54.6 Å². The van der Waals surface area contributed by atoms with Crippen LogP contribution in [0.4, 0.5) is 0 Å². The fourth-order valence-electron chi connectivity index (χ4n) is 7.70. The second-order valence-electron chi connectivity index (χ2n) is 15.1. The first-order valence-corrected chi connectivity index (χ1v) is 20.7. The van der Waals surface area contributed by atoms with Crippen molar-refractivity contribution in [2.45, 2.75) is 36.1 Å². The molecule has 0 heterocycles. The Morgan fingerprint density at radius 3 is 0.844 bits per heavy atom. The summed E-state index contributed by atoms with van der Waals surface area (Å²) in [7, 11) is 0. The second kappa shape index (κ2) is 23.9. The van der Waals surface area contributed by atoms with Gasteiger partial charge in [-0.05, 0) is 70.5 Å². The van der Waals surface area contributed by atoms with E-state index in [4.69, 9.17) is 9.98 Å². The van der Waals surface area contributed by atoms with Gasteiger partial charge in [0.1, 0.15) is 22.7 Å². The van der Waals surface area contributed by atoms with Gasteiger partial charge < -0.3 is 20.4 Å². The maximum Gasteiger partial charge on any atom is 0.137 e. The van der Waals surface area contributed by atoms with E-state index in [1.165, 1.54) is 0 Å². The van der Waals surface area contributed by atoms with Gasteiger partial charge in [0.15, 0.2) is 0 Å². The molecule has 0 bridgehead atoms. The monoisotopic (exact) mass is 940 g/mol. The molecule has 0 aromatic heterocycles. The predicted molar refractivity (Wildman–Crippen MR) is 251 cm³/mol. The van der Waals surface area contributed by atoms with Crippen molar-refractivity contribution in [1.82, 2.24) is 0 Å². The first-order valence-electron chi connectivity index (χ1n) is 20.7. The van der Waals surface area contributed by atoms with E-state index >= 15 is 0 Å². The molecule has 8 rings (SSSR count). The fraction of sp³-hybridized carbons (Fsp3) is 0.107. The summed E-state index contributed by atoms with van der Waals surface area (Å²) in [5, 5.41) is 44.9. The third-order valence-electron chi connectivity index (χ3n) is 11.0. The van der Waals surface area contributed by atoms with Crippen LogP contribution in [-0.4, -0.2) is 44.9 Å². The summed E-state index contributed by atoms with van der Waals surface area (Å²) in [6.07, 6.45) is 4.37. The molecule has 0 saturated heterocycles. The van der Waals surface area contributed by atoms with Crippen LogP contribution in [0.3, 0.4) is 0 Å². The molecule has 64 heavy (non-hydrogen) atoms. The first-order chi connectivity index (χ1) is 30.4. The quantitative estimate of drug-likeness (QED) is 0.0644. The van der Waals surface area contributed by atoms with E-state index in [2.05, 4.69) is 0 Å². The number of aliphatic hydroxyl groups is 2. The van der Waals surface area contributed by atoms with Crippen LogP contribution in [0.25, 0.3) is 0 Å². The molecule has 0 aliphatic heterocycles. The summed E-state index contributed by atoms with van der Waals surface area (Å²) in [5.74, 6) is 0.320. The minimum Gasteiger partial charge on any atom is -0.507 e. The molecule has 2 atom stereocenters. The minimum absolute atomic E-state index is 0. The third kappa shape index (κ3) is 12.0. The first kappa shape index (κ1) is 48.7. The summed E-state index contributed by atoms with van der Waals surface area (Å²) in [6, 6.07) is 71.8. The van der Waals surface area contributed by atoms with Crippen molar-refractivity contribution in [1.29, 1.82) is 0 Å². The summed E-state index contributed by atoms with van der Waals surface area (Å²) in [6.45, 7) is 0. The van der Waals surface area contributed by atoms with Crippen LogP contribution in [0.15, 0.2) is 241 Å². The van der Waals surface area contributed by atoms with Crippen LogP contribution in [0.5, 0.6) is 11.5 Å². The van der Waals surface area contributed by atoms with Gasteiger partial charge in [0.25, 0.3) is 0 Å². The molecule has 0 spiro atoms. The van der Waals surface area contributed by atoms with Crippen LogP contribution in [0.2, 0.25) is 0 Å². The molecule has 0 amide bonds. The molecular weight excluding hydrogens is 892 g/mol. The Hall–Kier alpha value is -6.34. The molecule has 2 radical (unpaired) electrons. The van der Waals surface area contributed by atoms with Crippen molar-refractivity contribution in [3.63, 3.8) is 0 Å². The van der Waals surface area contributed by atoms with Crippen molar-refractivity contribution >= 4 is 12.4 Å². The largest absolute Gasteiger partial charge is 0.507 e. The van der Waals surface area contributed by atoms with Crippen LogP contribution in [-0.2, 0) is 58.2 Å². The van der Waals surface area contributed by atoms with Crippen molar-refractivity contribution in [2.75, 3.05) is 0 Å². The smallest absolute Gasteiger partial charge is 0.137 e. The molecule has 0 aliphatic carbocycles. The molecular formula is C56H50Cu2N2O4. The van der Waals surface area contributed by atoms with Crippen LogP contribution in [0, 0.1) is 0 Å². The van der Waals surface area contributed by atoms with Gasteiger partial charge in [-0.15, -0.1) is 0 Å². The Morgan fingerprint density at radius 1 is 0.344 bits per heavy atom. The molecule has 8 aromatic rings. The zero-order chi connectivity index (χ0) is 43.0. The number of phenolic OH excluding ortho intramolecular Hbond substituents is 2. The van der Waals surface area contributed by atoms with Gasteiger partial charge in [-0.1, -0.05) is 206 Å². The third-order valence-corrected chi connectivity index (χ3v) is 11.0. The Balaban J connectivity index is 0.000000234. The topological polar surface area (TPSA) is 106 Å². The van der Waals surface area contributed by atoms with E-state index in [9.17, 15) is 20.4 Å². The fourth-order valence-corrected chi connectivity index (χ4v) is 7.70. The molecule has 6 nitrogen and oxygen atoms in total. The second-order valence-corrected chi connectivity index (χ2v) is 15.1. The predicted octanol–water partition coefficient (Wildman–Crippen LogP) is 10.7. The van der Waals surface area contributed by atoms with E-state index in [1.54, 1.807) is 36.7 Å². The van der Waals surface area contributed by atoms with Gasteiger partial charge in [0.2, 0.25) is 0 Å². The maximum absolute atomic E-state index is 12.2. The van der Waals surface area contributed by atoms with Gasteiger partial charge in [-0.3, -0.25) is 9.98 Å². The van der Waals surface area contributed by atoms with E-state index in [-0.39, 0.29) is 45.6 Å². The van der Waals surface area contributed by atoms with Crippen LogP contribution in [0.1, 0.15) is 44.5 Å². The van der Waals surface area contributed by atoms with Gasteiger partial charge >= 0.3 is 0 Å². The zero-order valence-electron chi connectivity index (χ0n) is 34.9. The number of phenols is 2. The summed E-state index contributed by atoms with van der Waals surface area (Å²) in [4.78, 5) is 9.68. The molecule has 330 valence electrons. The SMILES string of the molecule is Oc1ccccc1C=N[C@@H](Cc1ccccc1)C(O)(c1ccccc1)c1ccccc1.Oc1ccccc1C=N[C@@H](Cc1ccccc1)C(O)(c1ccccc1)c1ccccc1.[Cu].[Cu]. The normalized spacial score (nSPS) is 12.3. The molecule has 8 heteroatoms. The van der Waals surface area contributed by atoms with Crippen molar-refractivity contribution in [2.24, 2.45) is 9.98 Å². The van der Waals surface area contributed by atoms with Gasteiger partial charge in [-0.25, -0.2) is 0 Å².